The Morgan fingerprint density at radius 3 is 1.63 bits per heavy atom. The van der Waals surface area contributed by atoms with Crippen LogP contribution in [0.4, 0.5) is 0 Å². The highest BCUT2D eigenvalue weighted by molar-refractivity contribution is 6.49. The van der Waals surface area contributed by atoms with Crippen molar-refractivity contribution in [1.82, 2.24) is 4.98 Å². The van der Waals surface area contributed by atoms with E-state index in [4.69, 9.17) is 69.6 Å². The summed E-state index contributed by atoms with van der Waals surface area (Å²) in [6, 6.07) is 9.13. The number of benzene rings is 2. The minimum atomic E-state index is -1.15. The van der Waals surface area contributed by atoms with Crippen molar-refractivity contribution in [2.75, 3.05) is 0 Å². The molecule has 2 aromatic carbocycles. The molecule has 0 saturated carbocycles. The maximum absolute atomic E-state index is 11.6. The van der Waals surface area contributed by atoms with Gasteiger partial charge < -0.3 is 5.11 Å². The maximum atomic E-state index is 11.6. The van der Waals surface area contributed by atoms with Crippen LogP contribution in [-0.2, 0) is 0 Å². The summed E-state index contributed by atoms with van der Waals surface area (Å²) in [7, 11) is 0. The molecule has 138 valence electrons. The van der Waals surface area contributed by atoms with E-state index < -0.39 is 5.97 Å². The molecule has 3 rings (SSSR count). The van der Waals surface area contributed by atoms with Crippen LogP contribution < -0.4 is 0 Å². The number of aromatic carboxylic acids is 1. The van der Waals surface area contributed by atoms with Crippen LogP contribution in [0.3, 0.4) is 0 Å². The van der Waals surface area contributed by atoms with E-state index in [0.717, 1.165) is 0 Å². The molecule has 3 nitrogen and oxygen atoms in total. The van der Waals surface area contributed by atoms with Gasteiger partial charge >= 0.3 is 5.97 Å². The monoisotopic (exact) mass is 479 g/mol. The summed E-state index contributed by atoms with van der Waals surface area (Å²) < 4.78 is 0. The molecule has 0 fully saturated rings. The molecule has 0 aliphatic carbocycles. The first kappa shape index (κ1) is 20.5. The smallest absolute Gasteiger partial charge is 0.337 e. The molecule has 0 aliphatic heterocycles. The van der Waals surface area contributed by atoms with Gasteiger partial charge in [-0.05, 0) is 36.4 Å². The average molecular weight is 482 g/mol. The fraction of sp³-hybridized carbons (Fsp3) is 0. The fourth-order valence-corrected chi connectivity index (χ4v) is 3.60. The molecule has 9 heteroatoms. The first-order valence-corrected chi connectivity index (χ1v) is 9.50. The number of aromatic nitrogens is 1. The minimum absolute atomic E-state index is 0.0284. The van der Waals surface area contributed by atoms with Gasteiger partial charge in [-0.1, -0.05) is 69.6 Å². The molecule has 0 spiro atoms. The lowest BCUT2D eigenvalue weighted by atomic mass is 10.0. The van der Waals surface area contributed by atoms with E-state index in [-0.39, 0.29) is 41.4 Å². The standard InChI is InChI=1S/C18H7Cl6NO2/c19-10-3-7(4-11(20)15(10)23)14-2-1-9(18(26)27)17(25-14)8-5-12(21)16(24)13(22)6-8/h1-6H,(H,26,27). The number of carboxylic acids is 1. The third-order valence-electron chi connectivity index (χ3n) is 3.66. The van der Waals surface area contributed by atoms with Gasteiger partial charge in [0, 0.05) is 11.1 Å². The number of hydrogen-bond donors (Lipinski definition) is 1. The van der Waals surface area contributed by atoms with Crippen LogP contribution in [0.5, 0.6) is 0 Å². The van der Waals surface area contributed by atoms with Crippen LogP contribution in [0.1, 0.15) is 10.4 Å². The van der Waals surface area contributed by atoms with Gasteiger partial charge in [-0.15, -0.1) is 0 Å². The van der Waals surface area contributed by atoms with Crippen molar-refractivity contribution in [2.24, 2.45) is 0 Å². The molecule has 1 N–H and O–H groups in total. The SMILES string of the molecule is O=C(O)c1ccc(-c2cc(Cl)c(Cl)c(Cl)c2)nc1-c1cc(Cl)c(Cl)c(Cl)c1. The molecular formula is C18H7Cl6NO2. The number of pyridine rings is 1. The van der Waals surface area contributed by atoms with Crippen LogP contribution in [0.2, 0.25) is 30.1 Å². The summed E-state index contributed by atoms with van der Waals surface area (Å²) in [4.78, 5) is 16.1. The zero-order chi connectivity index (χ0) is 19.9. The summed E-state index contributed by atoms with van der Waals surface area (Å²) in [5, 5.41) is 10.8. The lowest BCUT2D eigenvalue weighted by molar-refractivity contribution is 0.0697. The van der Waals surface area contributed by atoms with Crippen LogP contribution in [-0.4, -0.2) is 16.1 Å². The number of halogens is 6. The summed E-state index contributed by atoms with van der Waals surface area (Å²) in [5.74, 6) is -1.15. The summed E-state index contributed by atoms with van der Waals surface area (Å²) in [6.45, 7) is 0. The topological polar surface area (TPSA) is 50.2 Å². The third kappa shape index (κ3) is 4.14. The third-order valence-corrected chi connectivity index (χ3v) is 6.06. The molecule has 0 amide bonds. The Morgan fingerprint density at radius 1 is 0.741 bits per heavy atom. The highest BCUT2D eigenvalue weighted by Crippen LogP contribution is 2.38. The van der Waals surface area contributed by atoms with Crippen molar-refractivity contribution in [1.29, 1.82) is 0 Å². The van der Waals surface area contributed by atoms with E-state index in [9.17, 15) is 9.90 Å². The fourth-order valence-electron chi connectivity index (χ4n) is 2.41. The Bertz CT molecular complexity index is 1040. The van der Waals surface area contributed by atoms with Crippen molar-refractivity contribution in [3.63, 3.8) is 0 Å². The minimum Gasteiger partial charge on any atom is -0.478 e. The average Bonchev–Trinajstić information content (AvgIpc) is 2.62. The normalized spacial score (nSPS) is 10.9. The summed E-state index contributed by atoms with van der Waals surface area (Å²) in [6.07, 6.45) is 0. The molecule has 0 saturated heterocycles. The van der Waals surface area contributed by atoms with Gasteiger partial charge in [0.25, 0.3) is 0 Å². The van der Waals surface area contributed by atoms with Gasteiger partial charge in [-0.25, -0.2) is 9.78 Å². The van der Waals surface area contributed by atoms with Gasteiger partial charge in [0.15, 0.2) is 0 Å². The largest absolute Gasteiger partial charge is 0.478 e. The van der Waals surface area contributed by atoms with Crippen LogP contribution >= 0.6 is 69.6 Å². The second kappa shape index (κ2) is 8.04. The van der Waals surface area contributed by atoms with Crippen molar-refractivity contribution in [3.05, 3.63) is 72.1 Å². The molecule has 0 aliphatic rings. The van der Waals surface area contributed by atoms with Crippen molar-refractivity contribution >= 4 is 75.6 Å². The molecule has 1 aromatic heterocycles. The van der Waals surface area contributed by atoms with Gasteiger partial charge in [0.05, 0.1) is 47.1 Å². The molecule has 3 aromatic rings. The highest BCUT2D eigenvalue weighted by atomic mass is 35.5. The molecule has 0 atom stereocenters. The lowest BCUT2D eigenvalue weighted by Crippen LogP contribution is -2.03. The zero-order valence-electron chi connectivity index (χ0n) is 13.0. The lowest BCUT2D eigenvalue weighted by Gasteiger charge is -2.11. The molecule has 1 heterocycles. The Hall–Kier alpha value is -1.20. The van der Waals surface area contributed by atoms with Crippen LogP contribution in [0.25, 0.3) is 22.5 Å². The predicted octanol–water partition coefficient (Wildman–Crippen LogP) is 8.03. The summed E-state index contributed by atoms with van der Waals surface area (Å²) >= 11 is 36.3. The van der Waals surface area contributed by atoms with E-state index in [1.807, 2.05) is 0 Å². The first-order valence-electron chi connectivity index (χ1n) is 7.23. The number of carboxylic acid groups (broad SMARTS) is 1. The van der Waals surface area contributed by atoms with Crippen molar-refractivity contribution in [2.45, 2.75) is 0 Å². The van der Waals surface area contributed by atoms with Gasteiger partial charge in [-0.2, -0.15) is 0 Å². The van der Waals surface area contributed by atoms with Gasteiger partial charge in [-0.3, -0.25) is 0 Å². The zero-order valence-corrected chi connectivity index (χ0v) is 17.6. The maximum Gasteiger partial charge on any atom is 0.337 e. The Balaban J connectivity index is 2.25. The Kier molecular flexibility index (Phi) is 6.11. The second-order valence-electron chi connectivity index (χ2n) is 5.41. The number of rotatable bonds is 3. The Labute approximate surface area is 184 Å². The van der Waals surface area contributed by atoms with E-state index >= 15 is 0 Å². The molecular weight excluding hydrogens is 475 g/mol. The van der Waals surface area contributed by atoms with Crippen LogP contribution in [0, 0.1) is 0 Å². The van der Waals surface area contributed by atoms with Gasteiger partial charge in [0.1, 0.15) is 0 Å². The number of hydrogen-bond acceptors (Lipinski definition) is 2. The van der Waals surface area contributed by atoms with E-state index in [1.165, 1.54) is 18.2 Å². The van der Waals surface area contributed by atoms with E-state index in [2.05, 4.69) is 4.98 Å². The van der Waals surface area contributed by atoms with Crippen molar-refractivity contribution < 1.29 is 9.90 Å². The summed E-state index contributed by atoms with van der Waals surface area (Å²) in [5.41, 5.74) is 1.55. The quantitative estimate of drug-likeness (QED) is 0.385. The molecule has 0 unspecified atom stereocenters. The van der Waals surface area contributed by atoms with Crippen molar-refractivity contribution in [3.8, 4) is 22.5 Å². The molecule has 27 heavy (non-hydrogen) atoms. The molecule has 0 bridgehead atoms. The highest BCUT2D eigenvalue weighted by Gasteiger charge is 2.18. The van der Waals surface area contributed by atoms with E-state index in [1.54, 1.807) is 18.2 Å². The second-order valence-corrected chi connectivity index (χ2v) is 7.79. The Morgan fingerprint density at radius 2 is 1.19 bits per heavy atom. The number of carbonyl (C=O) groups is 1. The first-order chi connectivity index (χ1) is 12.7. The van der Waals surface area contributed by atoms with Gasteiger partial charge in [0.2, 0.25) is 0 Å². The van der Waals surface area contributed by atoms with E-state index in [0.29, 0.717) is 16.8 Å². The molecule has 0 radical (unpaired) electrons. The number of nitrogens with zero attached hydrogens (tertiary/aromatic N) is 1. The predicted molar refractivity (Wildman–Crippen MR) is 112 cm³/mol. The van der Waals surface area contributed by atoms with Crippen LogP contribution in [0.15, 0.2) is 36.4 Å².